The lowest BCUT2D eigenvalue weighted by molar-refractivity contribution is 0.439. The van der Waals surface area contributed by atoms with Gasteiger partial charge in [-0.1, -0.05) is 0 Å². The fourth-order valence-electron chi connectivity index (χ4n) is 1.36. The molecular formula is C12H9F3N2O. The van der Waals surface area contributed by atoms with Gasteiger partial charge in [0, 0.05) is 18.2 Å². The average Bonchev–Trinajstić information content (AvgIpc) is 2.36. The Balaban J connectivity index is 2.30. The van der Waals surface area contributed by atoms with Crippen LogP contribution in [0, 0.1) is 17.5 Å². The number of rotatable bonds is 3. The number of hydrogen-bond acceptors (Lipinski definition) is 3. The van der Waals surface area contributed by atoms with E-state index in [-0.39, 0.29) is 18.2 Å². The van der Waals surface area contributed by atoms with Crippen molar-refractivity contribution in [2.45, 2.75) is 6.54 Å². The van der Waals surface area contributed by atoms with Crippen molar-refractivity contribution in [3.05, 3.63) is 53.5 Å². The Kier molecular flexibility index (Phi) is 3.47. The van der Waals surface area contributed by atoms with E-state index >= 15 is 0 Å². The van der Waals surface area contributed by atoms with Crippen molar-refractivity contribution in [1.82, 2.24) is 4.98 Å². The number of nitrogens with two attached hydrogens (primary N) is 1. The SMILES string of the molecule is NCc1cc(F)cnc1Oc1ccc(F)c(F)c1. The molecule has 6 heteroatoms. The lowest BCUT2D eigenvalue weighted by atomic mass is 10.2. The smallest absolute Gasteiger partial charge is 0.223 e. The van der Waals surface area contributed by atoms with Gasteiger partial charge in [0.05, 0.1) is 6.20 Å². The standard InChI is InChI=1S/C12H9F3N2O/c13-8-3-7(5-16)12(17-6-8)18-9-1-2-10(14)11(15)4-9/h1-4,6H,5,16H2. The van der Waals surface area contributed by atoms with Crippen LogP contribution in [0.3, 0.4) is 0 Å². The number of aromatic nitrogens is 1. The zero-order chi connectivity index (χ0) is 13.1. The molecule has 1 aromatic carbocycles. The minimum Gasteiger partial charge on any atom is -0.439 e. The third-order valence-electron chi connectivity index (χ3n) is 2.22. The Morgan fingerprint density at radius 3 is 2.56 bits per heavy atom. The fraction of sp³-hybridized carbons (Fsp3) is 0.0833. The molecule has 0 fully saturated rings. The maximum absolute atomic E-state index is 13.0. The summed E-state index contributed by atoms with van der Waals surface area (Å²) in [5, 5.41) is 0. The van der Waals surface area contributed by atoms with E-state index in [0.29, 0.717) is 5.56 Å². The summed E-state index contributed by atoms with van der Waals surface area (Å²) in [6, 6.07) is 4.21. The molecule has 1 aromatic heterocycles. The normalized spacial score (nSPS) is 10.4. The van der Waals surface area contributed by atoms with Crippen molar-refractivity contribution < 1.29 is 17.9 Å². The van der Waals surface area contributed by atoms with Crippen molar-refractivity contribution in [3.63, 3.8) is 0 Å². The summed E-state index contributed by atoms with van der Waals surface area (Å²) in [4.78, 5) is 3.70. The molecule has 2 rings (SSSR count). The third-order valence-corrected chi connectivity index (χ3v) is 2.22. The second-order valence-corrected chi connectivity index (χ2v) is 3.50. The highest BCUT2D eigenvalue weighted by Crippen LogP contribution is 2.24. The maximum atomic E-state index is 13.0. The second-order valence-electron chi connectivity index (χ2n) is 3.50. The van der Waals surface area contributed by atoms with Gasteiger partial charge in [-0.25, -0.2) is 18.2 Å². The van der Waals surface area contributed by atoms with Crippen LogP contribution < -0.4 is 10.5 Å². The van der Waals surface area contributed by atoms with Crippen LogP contribution in [0.4, 0.5) is 13.2 Å². The van der Waals surface area contributed by atoms with Crippen LogP contribution in [-0.2, 0) is 6.54 Å². The molecule has 0 amide bonds. The van der Waals surface area contributed by atoms with Gasteiger partial charge in [-0.3, -0.25) is 0 Å². The molecule has 0 saturated heterocycles. The van der Waals surface area contributed by atoms with Crippen LogP contribution in [-0.4, -0.2) is 4.98 Å². The van der Waals surface area contributed by atoms with Crippen LogP contribution in [0.2, 0.25) is 0 Å². The van der Waals surface area contributed by atoms with Gasteiger partial charge in [0.2, 0.25) is 5.88 Å². The summed E-state index contributed by atoms with van der Waals surface area (Å²) < 4.78 is 43.8. The van der Waals surface area contributed by atoms with Crippen LogP contribution in [0.25, 0.3) is 0 Å². The zero-order valence-corrected chi connectivity index (χ0v) is 9.16. The third kappa shape index (κ3) is 2.60. The summed E-state index contributed by atoms with van der Waals surface area (Å²) in [5.74, 6) is -2.45. The summed E-state index contributed by atoms with van der Waals surface area (Å²) in [6.45, 7) is 0.0176. The molecule has 0 unspecified atom stereocenters. The molecule has 0 aliphatic carbocycles. The molecule has 2 aromatic rings. The van der Waals surface area contributed by atoms with Crippen LogP contribution in [0.1, 0.15) is 5.56 Å². The molecule has 1 heterocycles. The van der Waals surface area contributed by atoms with E-state index in [1.54, 1.807) is 0 Å². The molecule has 0 saturated carbocycles. The summed E-state index contributed by atoms with van der Waals surface area (Å²) in [6.07, 6.45) is 0.953. The minimum absolute atomic E-state index is 0.0176. The monoisotopic (exact) mass is 254 g/mol. The molecule has 0 aliphatic heterocycles. The number of hydrogen-bond donors (Lipinski definition) is 1. The molecule has 2 N–H and O–H groups in total. The van der Waals surface area contributed by atoms with E-state index in [9.17, 15) is 13.2 Å². The summed E-state index contributed by atoms with van der Waals surface area (Å²) >= 11 is 0. The van der Waals surface area contributed by atoms with E-state index in [4.69, 9.17) is 10.5 Å². The topological polar surface area (TPSA) is 48.1 Å². The van der Waals surface area contributed by atoms with Gasteiger partial charge in [-0.2, -0.15) is 0 Å². The Morgan fingerprint density at radius 2 is 1.89 bits per heavy atom. The fourth-order valence-corrected chi connectivity index (χ4v) is 1.36. The number of nitrogens with zero attached hydrogens (tertiary/aromatic N) is 1. The number of pyridine rings is 1. The van der Waals surface area contributed by atoms with Crippen LogP contribution >= 0.6 is 0 Å². The van der Waals surface area contributed by atoms with Crippen LogP contribution in [0.15, 0.2) is 30.5 Å². The first-order valence-corrected chi connectivity index (χ1v) is 5.07. The first kappa shape index (κ1) is 12.4. The highest BCUT2D eigenvalue weighted by Gasteiger charge is 2.09. The van der Waals surface area contributed by atoms with Gasteiger partial charge < -0.3 is 10.5 Å². The summed E-state index contributed by atoms with van der Waals surface area (Å²) in [7, 11) is 0. The lowest BCUT2D eigenvalue weighted by Gasteiger charge is -2.08. The average molecular weight is 254 g/mol. The predicted molar refractivity (Wildman–Crippen MR) is 58.5 cm³/mol. The van der Waals surface area contributed by atoms with E-state index < -0.39 is 17.5 Å². The van der Waals surface area contributed by atoms with Crippen molar-refractivity contribution in [2.75, 3.05) is 0 Å². The first-order valence-electron chi connectivity index (χ1n) is 5.07. The van der Waals surface area contributed by atoms with E-state index in [0.717, 1.165) is 18.3 Å². The van der Waals surface area contributed by atoms with E-state index in [2.05, 4.69) is 4.98 Å². The Bertz CT molecular complexity index is 575. The second kappa shape index (κ2) is 5.05. The number of halogens is 3. The van der Waals surface area contributed by atoms with E-state index in [1.807, 2.05) is 0 Å². The molecule has 18 heavy (non-hydrogen) atoms. The molecule has 0 aliphatic rings. The zero-order valence-electron chi connectivity index (χ0n) is 9.16. The van der Waals surface area contributed by atoms with Gasteiger partial charge in [0.15, 0.2) is 11.6 Å². The number of ether oxygens (including phenoxy) is 1. The van der Waals surface area contributed by atoms with Gasteiger partial charge in [0.25, 0.3) is 0 Å². The lowest BCUT2D eigenvalue weighted by Crippen LogP contribution is -2.02. The summed E-state index contributed by atoms with van der Waals surface area (Å²) in [5.41, 5.74) is 5.74. The van der Waals surface area contributed by atoms with Crippen molar-refractivity contribution >= 4 is 0 Å². The van der Waals surface area contributed by atoms with Crippen molar-refractivity contribution in [2.24, 2.45) is 5.73 Å². The Morgan fingerprint density at radius 1 is 1.11 bits per heavy atom. The minimum atomic E-state index is -1.04. The van der Waals surface area contributed by atoms with Crippen molar-refractivity contribution in [1.29, 1.82) is 0 Å². The first-order chi connectivity index (χ1) is 8.60. The molecule has 94 valence electrons. The molecule has 3 nitrogen and oxygen atoms in total. The van der Waals surface area contributed by atoms with Crippen LogP contribution in [0.5, 0.6) is 11.6 Å². The van der Waals surface area contributed by atoms with Gasteiger partial charge in [-0.05, 0) is 18.2 Å². The van der Waals surface area contributed by atoms with Crippen molar-refractivity contribution in [3.8, 4) is 11.6 Å². The predicted octanol–water partition coefficient (Wildman–Crippen LogP) is 2.75. The molecular weight excluding hydrogens is 245 g/mol. The number of benzene rings is 1. The quantitative estimate of drug-likeness (QED) is 0.916. The molecule has 0 radical (unpaired) electrons. The van der Waals surface area contributed by atoms with E-state index in [1.165, 1.54) is 12.1 Å². The molecule has 0 spiro atoms. The molecule has 0 bridgehead atoms. The maximum Gasteiger partial charge on any atom is 0.223 e. The highest BCUT2D eigenvalue weighted by atomic mass is 19.2. The molecule has 0 atom stereocenters. The highest BCUT2D eigenvalue weighted by molar-refractivity contribution is 5.32. The van der Waals surface area contributed by atoms with Gasteiger partial charge in [-0.15, -0.1) is 0 Å². The Labute approximate surface area is 101 Å². The Hall–Kier alpha value is -2.08. The van der Waals surface area contributed by atoms with Gasteiger partial charge >= 0.3 is 0 Å². The van der Waals surface area contributed by atoms with Gasteiger partial charge in [0.1, 0.15) is 11.6 Å². The largest absolute Gasteiger partial charge is 0.439 e.